The number of benzene rings is 2. The van der Waals surface area contributed by atoms with Gasteiger partial charge in [0, 0.05) is 11.6 Å². The Kier molecular flexibility index (Phi) is 3.69. The molecular weight excluding hydrogens is 250 g/mol. The van der Waals surface area contributed by atoms with Crippen molar-refractivity contribution in [3.8, 4) is 11.5 Å². The molecule has 0 heterocycles. The summed E-state index contributed by atoms with van der Waals surface area (Å²) in [6, 6.07) is 12.0. The van der Waals surface area contributed by atoms with Crippen LogP contribution in [0.15, 0.2) is 48.5 Å². The lowest BCUT2D eigenvalue weighted by Gasteiger charge is -2.17. The van der Waals surface area contributed by atoms with Crippen molar-refractivity contribution in [2.24, 2.45) is 0 Å². The number of phenolic OH excluding ortho intramolecular Hbond substituents is 1. The van der Waals surface area contributed by atoms with Gasteiger partial charge in [0.05, 0.1) is 0 Å². The van der Waals surface area contributed by atoms with E-state index in [-0.39, 0.29) is 17.1 Å². The molecule has 2 aromatic carbocycles. The number of ether oxygens (including phenoxy) is 1. The first kappa shape index (κ1) is 13.3. The van der Waals surface area contributed by atoms with Gasteiger partial charge in [0.2, 0.25) is 0 Å². The van der Waals surface area contributed by atoms with Crippen molar-refractivity contribution < 1.29 is 18.6 Å². The van der Waals surface area contributed by atoms with Gasteiger partial charge in [-0.05, 0) is 24.6 Å². The molecule has 0 aliphatic carbocycles. The summed E-state index contributed by atoms with van der Waals surface area (Å²) < 4.78 is 32.8. The monoisotopic (exact) mass is 264 g/mol. The highest BCUT2D eigenvalue weighted by molar-refractivity contribution is 5.37. The fourth-order valence-corrected chi connectivity index (χ4v) is 1.75. The number of halogens is 2. The second-order valence-corrected chi connectivity index (χ2v) is 4.36. The largest absolute Gasteiger partial charge is 0.508 e. The summed E-state index contributed by atoms with van der Waals surface area (Å²) in [5, 5.41) is 9.37. The van der Waals surface area contributed by atoms with Crippen molar-refractivity contribution in [2.75, 3.05) is 6.61 Å². The average Bonchev–Trinajstić information content (AvgIpc) is 2.37. The first-order valence-corrected chi connectivity index (χ1v) is 5.84. The van der Waals surface area contributed by atoms with Gasteiger partial charge in [-0.3, -0.25) is 0 Å². The van der Waals surface area contributed by atoms with E-state index < -0.39 is 12.5 Å². The maximum Gasteiger partial charge on any atom is 0.306 e. The van der Waals surface area contributed by atoms with Gasteiger partial charge >= 0.3 is 5.92 Å². The maximum atomic E-state index is 13.9. The van der Waals surface area contributed by atoms with Crippen LogP contribution in [0.2, 0.25) is 0 Å². The van der Waals surface area contributed by atoms with Crippen molar-refractivity contribution >= 4 is 0 Å². The Bertz CT molecular complexity index is 533. The summed E-state index contributed by atoms with van der Waals surface area (Å²) in [6.45, 7) is 0.988. The molecule has 0 amide bonds. The Morgan fingerprint density at radius 3 is 2.42 bits per heavy atom. The van der Waals surface area contributed by atoms with E-state index in [4.69, 9.17) is 4.74 Å². The summed E-state index contributed by atoms with van der Waals surface area (Å²) in [5.41, 5.74) is 0.657. The van der Waals surface area contributed by atoms with E-state index in [0.29, 0.717) is 0 Å². The number of alkyl halides is 2. The third kappa shape index (κ3) is 3.44. The Balaban J connectivity index is 2.09. The predicted molar refractivity (Wildman–Crippen MR) is 68.7 cm³/mol. The lowest BCUT2D eigenvalue weighted by atomic mass is 10.1. The molecule has 2 rings (SSSR count). The molecule has 0 bridgehead atoms. The molecule has 0 radical (unpaired) electrons. The molecule has 0 aliphatic heterocycles. The van der Waals surface area contributed by atoms with Crippen molar-refractivity contribution in [3.05, 3.63) is 59.7 Å². The highest BCUT2D eigenvalue weighted by atomic mass is 19.3. The van der Waals surface area contributed by atoms with Crippen LogP contribution in [0.4, 0.5) is 8.78 Å². The standard InChI is InChI=1S/C15H14F2O2/c1-11-7-13(18)9-14(8-11)19-10-15(16,17)12-5-3-2-4-6-12/h2-9,18H,10H2,1H3. The zero-order valence-corrected chi connectivity index (χ0v) is 10.4. The van der Waals surface area contributed by atoms with Crippen LogP contribution in [-0.4, -0.2) is 11.7 Å². The topological polar surface area (TPSA) is 29.5 Å². The highest BCUT2D eigenvalue weighted by Crippen LogP contribution is 2.29. The van der Waals surface area contributed by atoms with Gasteiger partial charge in [0.1, 0.15) is 11.5 Å². The van der Waals surface area contributed by atoms with Crippen LogP contribution in [0.1, 0.15) is 11.1 Å². The molecule has 19 heavy (non-hydrogen) atoms. The third-order valence-corrected chi connectivity index (χ3v) is 2.65. The van der Waals surface area contributed by atoms with Gasteiger partial charge in [-0.25, -0.2) is 0 Å². The second kappa shape index (κ2) is 5.26. The minimum Gasteiger partial charge on any atom is -0.508 e. The van der Waals surface area contributed by atoms with E-state index in [1.165, 1.54) is 24.3 Å². The summed E-state index contributed by atoms with van der Waals surface area (Å²) in [4.78, 5) is 0. The zero-order valence-electron chi connectivity index (χ0n) is 10.4. The Morgan fingerprint density at radius 1 is 1.11 bits per heavy atom. The molecule has 0 unspecified atom stereocenters. The molecule has 0 saturated carbocycles. The third-order valence-electron chi connectivity index (χ3n) is 2.65. The Morgan fingerprint density at radius 2 is 1.79 bits per heavy atom. The molecule has 0 aromatic heterocycles. The normalized spacial score (nSPS) is 11.3. The van der Waals surface area contributed by atoms with Crippen LogP contribution in [-0.2, 0) is 5.92 Å². The Hall–Kier alpha value is -2.10. The molecule has 1 N–H and O–H groups in total. The summed E-state index contributed by atoms with van der Waals surface area (Å²) in [7, 11) is 0. The molecule has 0 atom stereocenters. The fraction of sp³-hybridized carbons (Fsp3) is 0.200. The fourth-order valence-electron chi connectivity index (χ4n) is 1.75. The van der Waals surface area contributed by atoms with Gasteiger partial charge < -0.3 is 9.84 Å². The second-order valence-electron chi connectivity index (χ2n) is 4.36. The molecule has 100 valence electrons. The molecule has 2 aromatic rings. The van der Waals surface area contributed by atoms with Crippen LogP contribution in [0.25, 0.3) is 0 Å². The first-order chi connectivity index (χ1) is 8.97. The Labute approximate surface area is 110 Å². The van der Waals surface area contributed by atoms with E-state index in [9.17, 15) is 13.9 Å². The van der Waals surface area contributed by atoms with E-state index >= 15 is 0 Å². The molecule has 0 fully saturated rings. The lowest BCUT2D eigenvalue weighted by molar-refractivity contribution is -0.0467. The number of aromatic hydroxyl groups is 1. The highest BCUT2D eigenvalue weighted by Gasteiger charge is 2.32. The summed E-state index contributed by atoms with van der Waals surface area (Å²) >= 11 is 0. The predicted octanol–water partition coefficient (Wildman–Crippen LogP) is 3.87. The summed E-state index contributed by atoms with van der Waals surface area (Å²) in [6.07, 6.45) is 0. The molecule has 0 aliphatic rings. The smallest absolute Gasteiger partial charge is 0.306 e. The number of aryl methyl sites for hydroxylation is 1. The van der Waals surface area contributed by atoms with Crippen LogP contribution in [0, 0.1) is 6.92 Å². The molecule has 4 heteroatoms. The lowest BCUT2D eigenvalue weighted by Crippen LogP contribution is -2.23. The minimum atomic E-state index is -3.07. The summed E-state index contributed by atoms with van der Waals surface area (Å²) in [5.74, 6) is -2.84. The van der Waals surface area contributed by atoms with Crippen molar-refractivity contribution in [1.29, 1.82) is 0 Å². The van der Waals surface area contributed by atoms with Crippen LogP contribution in [0.3, 0.4) is 0 Å². The SMILES string of the molecule is Cc1cc(O)cc(OCC(F)(F)c2ccccc2)c1. The van der Waals surface area contributed by atoms with E-state index in [1.807, 2.05) is 0 Å². The van der Waals surface area contributed by atoms with Gasteiger partial charge in [0.25, 0.3) is 0 Å². The molecule has 2 nitrogen and oxygen atoms in total. The van der Waals surface area contributed by atoms with Crippen LogP contribution in [0.5, 0.6) is 11.5 Å². The quantitative estimate of drug-likeness (QED) is 0.908. The van der Waals surface area contributed by atoms with Gasteiger partial charge in [-0.15, -0.1) is 0 Å². The minimum absolute atomic E-state index is 0.00183. The zero-order chi connectivity index (χ0) is 13.9. The van der Waals surface area contributed by atoms with Crippen LogP contribution < -0.4 is 4.74 Å². The molecule has 0 saturated heterocycles. The van der Waals surface area contributed by atoms with Crippen LogP contribution >= 0.6 is 0 Å². The number of phenols is 1. The van der Waals surface area contributed by atoms with Crippen molar-refractivity contribution in [3.63, 3.8) is 0 Å². The van der Waals surface area contributed by atoms with E-state index in [2.05, 4.69) is 0 Å². The number of hydrogen-bond acceptors (Lipinski definition) is 2. The van der Waals surface area contributed by atoms with E-state index in [0.717, 1.165) is 5.56 Å². The van der Waals surface area contributed by atoms with Gasteiger partial charge in [-0.1, -0.05) is 30.3 Å². The van der Waals surface area contributed by atoms with E-state index in [1.54, 1.807) is 31.2 Å². The van der Waals surface area contributed by atoms with Gasteiger partial charge in [-0.2, -0.15) is 8.78 Å². The van der Waals surface area contributed by atoms with Crippen molar-refractivity contribution in [2.45, 2.75) is 12.8 Å². The maximum absolute atomic E-state index is 13.9. The number of rotatable bonds is 4. The first-order valence-electron chi connectivity index (χ1n) is 5.84. The van der Waals surface area contributed by atoms with Gasteiger partial charge in [0.15, 0.2) is 6.61 Å². The average molecular weight is 264 g/mol. The number of hydrogen-bond donors (Lipinski definition) is 1. The molecule has 0 spiro atoms. The molecular formula is C15H14F2O2. The van der Waals surface area contributed by atoms with Crippen molar-refractivity contribution in [1.82, 2.24) is 0 Å².